The zero-order valence-electron chi connectivity index (χ0n) is 11.0. The second-order valence-electron chi connectivity index (χ2n) is 4.82. The molecule has 0 aliphatic heterocycles. The molecule has 0 atom stereocenters. The lowest BCUT2D eigenvalue weighted by Gasteiger charge is -2.07. The Hall–Kier alpha value is -1.61. The van der Waals surface area contributed by atoms with Gasteiger partial charge in [-0.25, -0.2) is 0 Å². The lowest BCUT2D eigenvalue weighted by molar-refractivity contribution is 1.73. The highest BCUT2D eigenvalue weighted by Gasteiger charge is 2.13. The Labute approximate surface area is 136 Å². The van der Waals surface area contributed by atoms with Crippen molar-refractivity contribution < 1.29 is 0 Å². The minimum Gasteiger partial charge on any atom is -0.143 e. The van der Waals surface area contributed by atoms with Crippen molar-refractivity contribution >= 4 is 45.0 Å². The molecule has 4 rings (SSSR count). The van der Waals surface area contributed by atoms with Crippen LogP contribution >= 0.6 is 34.3 Å². The first-order chi connectivity index (χ1) is 10.3. The van der Waals surface area contributed by atoms with Gasteiger partial charge in [0.25, 0.3) is 0 Å². The van der Waals surface area contributed by atoms with Gasteiger partial charge in [0, 0.05) is 26.3 Å². The van der Waals surface area contributed by atoms with Crippen LogP contribution < -0.4 is 0 Å². The molecule has 0 aliphatic rings. The maximum absolute atomic E-state index is 6.08. The summed E-state index contributed by atoms with van der Waals surface area (Å²) < 4.78 is 0. The molecule has 2 heterocycles. The molecule has 0 saturated carbocycles. The van der Waals surface area contributed by atoms with Gasteiger partial charge in [-0.1, -0.05) is 54.1 Å². The predicted octanol–water partition coefficient (Wildman–Crippen LogP) is 6.95. The van der Waals surface area contributed by atoms with E-state index >= 15 is 0 Å². The molecule has 4 aromatic rings. The maximum atomic E-state index is 6.08. The summed E-state index contributed by atoms with van der Waals surface area (Å²) in [6.07, 6.45) is 0. The van der Waals surface area contributed by atoms with E-state index in [4.69, 9.17) is 11.6 Å². The minimum atomic E-state index is 0.810. The lowest BCUT2D eigenvalue weighted by atomic mass is 10.0. The van der Waals surface area contributed by atoms with E-state index in [2.05, 4.69) is 53.9 Å². The van der Waals surface area contributed by atoms with Crippen molar-refractivity contribution in [1.82, 2.24) is 0 Å². The zero-order chi connectivity index (χ0) is 14.2. The topological polar surface area (TPSA) is 0 Å². The summed E-state index contributed by atoms with van der Waals surface area (Å²) in [4.78, 5) is 2.54. The van der Waals surface area contributed by atoms with Crippen LogP contribution in [0.15, 0.2) is 65.4 Å². The molecule has 0 N–H and O–H groups in total. The Kier molecular flexibility index (Phi) is 3.30. The molecule has 0 spiro atoms. The van der Waals surface area contributed by atoms with Crippen LogP contribution in [-0.4, -0.2) is 0 Å². The lowest BCUT2D eigenvalue weighted by Crippen LogP contribution is -1.80. The SMILES string of the molecule is Clc1csc(-c2ccsc2-c2cccc3ccccc23)c1. The number of thiophene rings is 2. The van der Waals surface area contributed by atoms with E-state index in [9.17, 15) is 0 Å². The van der Waals surface area contributed by atoms with E-state index in [-0.39, 0.29) is 0 Å². The van der Waals surface area contributed by atoms with Crippen LogP contribution in [0, 0.1) is 0 Å². The van der Waals surface area contributed by atoms with E-state index in [0.29, 0.717) is 0 Å². The van der Waals surface area contributed by atoms with Crippen LogP contribution in [0.4, 0.5) is 0 Å². The van der Waals surface area contributed by atoms with Gasteiger partial charge in [-0.05, 0) is 28.3 Å². The van der Waals surface area contributed by atoms with E-state index in [0.717, 1.165) is 5.02 Å². The van der Waals surface area contributed by atoms with Crippen LogP contribution in [0.3, 0.4) is 0 Å². The van der Waals surface area contributed by atoms with Crippen LogP contribution in [0.2, 0.25) is 5.02 Å². The van der Waals surface area contributed by atoms with Crippen molar-refractivity contribution in [3.8, 4) is 20.9 Å². The Morgan fingerprint density at radius 1 is 0.810 bits per heavy atom. The van der Waals surface area contributed by atoms with Gasteiger partial charge in [-0.3, -0.25) is 0 Å². The molecule has 0 radical (unpaired) electrons. The Morgan fingerprint density at radius 2 is 1.67 bits per heavy atom. The largest absolute Gasteiger partial charge is 0.143 e. The molecule has 21 heavy (non-hydrogen) atoms. The van der Waals surface area contributed by atoms with Crippen molar-refractivity contribution in [2.24, 2.45) is 0 Å². The van der Waals surface area contributed by atoms with Crippen molar-refractivity contribution in [3.05, 3.63) is 70.4 Å². The number of fused-ring (bicyclic) bond motifs is 1. The summed E-state index contributed by atoms with van der Waals surface area (Å²) in [5, 5.41) is 7.52. The standard InChI is InChI=1S/C18H11ClS2/c19-13-10-17(21-11-13)16-8-9-20-18(16)15-7-3-5-12-4-1-2-6-14(12)15/h1-11H. The third kappa shape index (κ3) is 2.30. The molecule has 0 fully saturated rings. The zero-order valence-corrected chi connectivity index (χ0v) is 13.4. The smallest absolute Gasteiger partial charge is 0.0519 e. The molecule has 2 aromatic carbocycles. The predicted molar refractivity (Wildman–Crippen MR) is 95.6 cm³/mol. The Balaban J connectivity index is 1.96. The molecule has 0 unspecified atom stereocenters. The summed E-state index contributed by atoms with van der Waals surface area (Å²) in [5.41, 5.74) is 2.57. The molecule has 0 aliphatic carbocycles. The van der Waals surface area contributed by atoms with E-state index in [1.165, 1.54) is 31.7 Å². The quantitative estimate of drug-likeness (QED) is 0.374. The molecule has 0 saturated heterocycles. The number of halogens is 1. The molecular weight excluding hydrogens is 316 g/mol. The minimum absolute atomic E-state index is 0.810. The van der Waals surface area contributed by atoms with Gasteiger partial charge >= 0.3 is 0 Å². The second-order valence-corrected chi connectivity index (χ2v) is 7.08. The fourth-order valence-electron chi connectivity index (χ4n) is 2.59. The second kappa shape index (κ2) is 5.30. The monoisotopic (exact) mass is 326 g/mol. The van der Waals surface area contributed by atoms with Crippen LogP contribution in [-0.2, 0) is 0 Å². The van der Waals surface area contributed by atoms with Crippen molar-refractivity contribution in [1.29, 1.82) is 0 Å². The fraction of sp³-hybridized carbons (Fsp3) is 0. The highest BCUT2D eigenvalue weighted by atomic mass is 35.5. The third-order valence-electron chi connectivity index (χ3n) is 3.53. The van der Waals surface area contributed by atoms with Crippen LogP contribution in [0.25, 0.3) is 31.7 Å². The van der Waals surface area contributed by atoms with Gasteiger partial charge in [0.15, 0.2) is 0 Å². The molecule has 0 nitrogen and oxygen atoms in total. The van der Waals surface area contributed by atoms with Gasteiger partial charge in [-0.2, -0.15) is 0 Å². The highest BCUT2D eigenvalue weighted by Crippen LogP contribution is 2.42. The summed E-state index contributed by atoms with van der Waals surface area (Å²) in [6.45, 7) is 0. The van der Waals surface area contributed by atoms with Crippen LogP contribution in [0.5, 0.6) is 0 Å². The van der Waals surface area contributed by atoms with Crippen molar-refractivity contribution in [2.75, 3.05) is 0 Å². The first-order valence-corrected chi connectivity index (χ1v) is 8.77. The molecule has 102 valence electrons. The molecular formula is C18H11ClS2. The number of benzene rings is 2. The summed E-state index contributed by atoms with van der Waals surface area (Å²) in [6, 6.07) is 19.3. The average Bonchev–Trinajstić information content (AvgIpc) is 3.15. The number of hydrogen-bond acceptors (Lipinski definition) is 2. The Morgan fingerprint density at radius 3 is 2.52 bits per heavy atom. The van der Waals surface area contributed by atoms with Crippen molar-refractivity contribution in [2.45, 2.75) is 0 Å². The number of rotatable bonds is 2. The highest BCUT2D eigenvalue weighted by molar-refractivity contribution is 7.17. The molecule has 3 heteroatoms. The van der Waals surface area contributed by atoms with E-state index in [1.807, 2.05) is 11.4 Å². The first kappa shape index (κ1) is 13.1. The van der Waals surface area contributed by atoms with Gasteiger partial charge in [0.2, 0.25) is 0 Å². The van der Waals surface area contributed by atoms with Gasteiger partial charge in [-0.15, -0.1) is 22.7 Å². The fourth-order valence-corrected chi connectivity index (χ4v) is 4.71. The van der Waals surface area contributed by atoms with Crippen LogP contribution in [0.1, 0.15) is 0 Å². The van der Waals surface area contributed by atoms with Gasteiger partial charge in [0.05, 0.1) is 5.02 Å². The van der Waals surface area contributed by atoms with Gasteiger partial charge in [0.1, 0.15) is 0 Å². The molecule has 2 aromatic heterocycles. The first-order valence-electron chi connectivity index (χ1n) is 6.63. The van der Waals surface area contributed by atoms with Gasteiger partial charge < -0.3 is 0 Å². The van der Waals surface area contributed by atoms with E-state index < -0.39 is 0 Å². The van der Waals surface area contributed by atoms with E-state index in [1.54, 1.807) is 22.7 Å². The summed E-state index contributed by atoms with van der Waals surface area (Å²) in [5.74, 6) is 0. The Bertz CT molecular complexity index is 912. The third-order valence-corrected chi connectivity index (χ3v) is 5.79. The molecule has 0 amide bonds. The summed E-state index contributed by atoms with van der Waals surface area (Å²) >= 11 is 9.57. The average molecular weight is 327 g/mol. The normalized spacial score (nSPS) is 11.1. The molecule has 0 bridgehead atoms. The van der Waals surface area contributed by atoms with Crippen molar-refractivity contribution in [3.63, 3.8) is 0 Å². The number of hydrogen-bond donors (Lipinski definition) is 0. The summed E-state index contributed by atoms with van der Waals surface area (Å²) in [7, 11) is 0. The maximum Gasteiger partial charge on any atom is 0.0519 e.